The van der Waals surface area contributed by atoms with Crippen LogP contribution in [0.2, 0.25) is 20.1 Å². The lowest BCUT2D eigenvalue weighted by atomic mass is 10.1. The Morgan fingerprint density at radius 1 is 0.886 bits per heavy atom. The number of anilines is 1. The molecular weight excluding hydrogens is 556 g/mol. The van der Waals surface area contributed by atoms with Crippen LogP contribution in [-0.2, 0) is 4.79 Å². The summed E-state index contributed by atoms with van der Waals surface area (Å²) in [5.74, 6) is -0.823. The van der Waals surface area contributed by atoms with Crippen molar-refractivity contribution >= 4 is 87.0 Å². The fourth-order valence-electron chi connectivity index (χ4n) is 3.13. The number of esters is 1. The molecule has 35 heavy (non-hydrogen) atoms. The molecule has 2 amide bonds. The summed E-state index contributed by atoms with van der Waals surface area (Å²) in [6.07, 6.45) is 1.53. The van der Waals surface area contributed by atoms with Gasteiger partial charge < -0.3 is 9.47 Å². The van der Waals surface area contributed by atoms with Gasteiger partial charge in [-0.15, -0.1) is 0 Å². The zero-order chi connectivity index (χ0) is 25.3. The summed E-state index contributed by atoms with van der Waals surface area (Å²) in [7, 11) is 1.41. The number of rotatable bonds is 5. The molecule has 178 valence electrons. The van der Waals surface area contributed by atoms with E-state index in [4.69, 9.17) is 55.9 Å². The molecule has 0 aliphatic carbocycles. The molecule has 3 aromatic rings. The van der Waals surface area contributed by atoms with Crippen LogP contribution < -0.4 is 14.4 Å². The van der Waals surface area contributed by atoms with Crippen molar-refractivity contribution in [2.75, 3.05) is 12.0 Å². The molecule has 1 heterocycles. The van der Waals surface area contributed by atoms with E-state index in [-0.39, 0.29) is 32.0 Å². The summed E-state index contributed by atoms with van der Waals surface area (Å²) in [5.41, 5.74) is 0.995. The number of halogens is 4. The van der Waals surface area contributed by atoms with Gasteiger partial charge in [0.25, 0.3) is 11.1 Å². The van der Waals surface area contributed by atoms with Crippen LogP contribution in [0.5, 0.6) is 11.5 Å². The van der Waals surface area contributed by atoms with Crippen molar-refractivity contribution in [3.63, 3.8) is 0 Å². The first kappa shape index (κ1) is 25.4. The van der Waals surface area contributed by atoms with Gasteiger partial charge in [-0.05, 0) is 71.9 Å². The highest BCUT2D eigenvalue weighted by molar-refractivity contribution is 8.19. The van der Waals surface area contributed by atoms with E-state index in [0.29, 0.717) is 21.3 Å². The van der Waals surface area contributed by atoms with Crippen LogP contribution in [0.15, 0.2) is 59.5 Å². The third-order valence-corrected chi connectivity index (χ3v) is 6.95. The van der Waals surface area contributed by atoms with E-state index in [0.717, 1.165) is 16.7 Å². The molecule has 1 aliphatic heterocycles. The van der Waals surface area contributed by atoms with Crippen LogP contribution in [-0.4, -0.2) is 24.2 Å². The molecule has 4 rings (SSSR count). The summed E-state index contributed by atoms with van der Waals surface area (Å²) in [6.45, 7) is 0. The van der Waals surface area contributed by atoms with Crippen LogP contribution in [0.1, 0.15) is 15.9 Å². The van der Waals surface area contributed by atoms with Crippen molar-refractivity contribution in [1.82, 2.24) is 0 Å². The van der Waals surface area contributed by atoms with Gasteiger partial charge in [0.15, 0.2) is 11.5 Å². The van der Waals surface area contributed by atoms with Gasteiger partial charge in [0.2, 0.25) is 0 Å². The summed E-state index contributed by atoms with van der Waals surface area (Å²) in [6, 6.07) is 13.6. The zero-order valence-electron chi connectivity index (χ0n) is 17.7. The lowest BCUT2D eigenvalue weighted by Gasteiger charge is -2.13. The van der Waals surface area contributed by atoms with Gasteiger partial charge in [0, 0.05) is 5.02 Å². The second-order valence-corrected chi connectivity index (χ2v) is 9.69. The molecule has 6 nitrogen and oxygen atoms in total. The van der Waals surface area contributed by atoms with E-state index in [9.17, 15) is 14.4 Å². The Hall–Kier alpha value is -2.68. The van der Waals surface area contributed by atoms with Gasteiger partial charge in [-0.3, -0.25) is 9.59 Å². The standard InChI is InChI=1S/C24H13Cl4NO5S/c1-33-20-8-12(2-7-19(20)34-23(31)15-5-3-13(25)10-17(15)27)9-21-22(30)29(24(32)35-21)14-4-6-16(26)18(28)11-14/h2-11H,1H3/b21-9-. The third kappa shape index (κ3) is 5.44. The van der Waals surface area contributed by atoms with E-state index in [1.807, 2.05) is 0 Å². The number of nitrogens with zero attached hydrogens (tertiary/aromatic N) is 1. The molecule has 0 atom stereocenters. The maximum absolute atomic E-state index is 12.9. The predicted molar refractivity (Wildman–Crippen MR) is 139 cm³/mol. The lowest BCUT2D eigenvalue weighted by molar-refractivity contribution is -0.113. The van der Waals surface area contributed by atoms with Crippen LogP contribution in [0, 0.1) is 0 Å². The van der Waals surface area contributed by atoms with Gasteiger partial charge in [-0.2, -0.15) is 0 Å². The Labute approximate surface area is 224 Å². The van der Waals surface area contributed by atoms with Crippen molar-refractivity contribution in [2.45, 2.75) is 0 Å². The summed E-state index contributed by atoms with van der Waals surface area (Å²) in [5, 5.41) is 0.593. The molecule has 3 aromatic carbocycles. The minimum Gasteiger partial charge on any atom is -0.493 e. The van der Waals surface area contributed by atoms with Crippen molar-refractivity contribution < 1.29 is 23.9 Å². The molecule has 0 N–H and O–H groups in total. The molecular formula is C24H13Cl4NO5S. The third-order valence-electron chi connectivity index (χ3n) is 4.79. The van der Waals surface area contributed by atoms with Crippen LogP contribution in [0.4, 0.5) is 10.5 Å². The number of benzene rings is 3. The number of imide groups is 1. The average molecular weight is 569 g/mol. The second kappa shape index (κ2) is 10.5. The molecule has 1 saturated heterocycles. The van der Waals surface area contributed by atoms with E-state index in [1.54, 1.807) is 12.1 Å². The number of carbonyl (C=O) groups excluding carboxylic acids is 3. The predicted octanol–water partition coefficient (Wildman–Crippen LogP) is 7.77. The zero-order valence-corrected chi connectivity index (χ0v) is 21.5. The van der Waals surface area contributed by atoms with Crippen molar-refractivity contribution in [2.24, 2.45) is 0 Å². The Morgan fingerprint density at radius 2 is 1.66 bits per heavy atom. The van der Waals surface area contributed by atoms with Crippen LogP contribution in [0.3, 0.4) is 0 Å². The van der Waals surface area contributed by atoms with Crippen molar-refractivity contribution in [1.29, 1.82) is 0 Å². The van der Waals surface area contributed by atoms with E-state index < -0.39 is 17.1 Å². The number of hydrogen-bond donors (Lipinski definition) is 0. The normalized spacial score (nSPS) is 14.5. The molecule has 0 radical (unpaired) electrons. The first-order valence-electron chi connectivity index (χ1n) is 9.76. The SMILES string of the molecule is COc1cc(/C=C2\SC(=O)N(c3ccc(Cl)c(Cl)c3)C2=O)ccc1OC(=O)c1ccc(Cl)cc1Cl. The van der Waals surface area contributed by atoms with Crippen LogP contribution in [0.25, 0.3) is 6.08 Å². The highest BCUT2D eigenvalue weighted by atomic mass is 35.5. The molecule has 0 bridgehead atoms. The highest BCUT2D eigenvalue weighted by Gasteiger charge is 2.36. The molecule has 0 unspecified atom stereocenters. The Kier molecular flexibility index (Phi) is 7.64. The molecule has 1 fully saturated rings. The number of amides is 2. The first-order valence-corrected chi connectivity index (χ1v) is 12.1. The second-order valence-electron chi connectivity index (χ2n) is 7.04. The van der Waals surface area contributed by atoms with E-state index >= 15 is 0 Å². The van der Waals surface area contributed by atoms with Gasteiger partial charge in [0.1, 0.15) is 0 Å². The average Bonchev–Trinajstić information content (AvgIpc) is 3.09. The molecule has 0 saturated carbocycles. The number of ether oxygens (including phenoxy) is 2. The first-order chi connectivity index (χ1) is 16.7. The largest absolute Gasteiger partial charge is 0.493 e. The van der Waals surface area contributed by atoms with Crippen molar-refractivity contribution in [3.8, 4) is 11.5 Å². The highest BCUT2D eigenvalue weighted by Crippen LogP contribution is 2.38. The minimum absolute atomic E-state index is 0.137. The molecule has 1 aliphatic rings. The van der Waals surface area contributed by atoms with Crippen molar-refractivity contribution in [3.05, 3.63) is 90.7 Å². The maximum Gasteiger partial charge on any atom is 0.345 e. The summed E-state index contributed by atoms with van der Waals surface area (Å²) < 4.78 is 10.8. The number of methoxy groups -OCH3 is 1. The Morgan fingerprint density at radius 3 is 2.34 bits per heavy atom. The van der Waals surface area contributed by atoms with Gasteiger partial charge in [-0.25, -0.2) is 9.69 Å². The number of thioether (sulfide) groups is 1. The Bertz CT molecular complexity index is 1410. The molecule has 11 heteroatoms. The van der Waals surface area contributed by atoms with E-state index in [2.05, 4.69) is 0 Å². The van der Waals surface area contributed by atoms with Crippen LogP contribution >= 0.6 is 58.2 Å². The maximum atomic E-state index is 12.9. The summed E-state index contributed by atoms with van der Waals surface area (Å²) in [4.78, 5) is 39.2. The topological polar surface area (TPSA) is 72.9 Å². The van der Waals surface area contributed by atoms with Gasteiger partial charge in [0.05, 0.1) is 38.3 Å². The van der Waals surface area contributed by atoms with Gasteiger partial charge in [-0.1, -0.05) is 52.5 Å². The fraction of sp³-hybridized carbons (Fsp3) is 0.0417. The fourth-order valence-corrected chi connectivity index (χ4v) is 4.75. The molecule has 0 spiro atoms. The number of carbonyl (C=O) groups is 3. The molecule has 0 aromatic heterocycles. The minimum atomic E-state index is -0.694. The monoisotopic (exact) mass is 567 g/mol. The quantitative estimate of drug-likeness (QED) is 0.178. The lowest BCUT2D eigenvalue weighted by Crippen LogP contribution is -2.27. The smallest absolute Gasteiger partial charge is 0.345 e. The summed E-state index contributed by atoms with van der Waals surface area (Å²) >= 11 is 24.7. The Balaban J connectivity index is 1.57. The number of hydrogen-bond acceptors (Lipinski definition) is 6. The van der Waals surface area contributed by atoms with E-state index in [1.165, 1.54) is 55.7 Å². The van der Waals surface area contributed by atoms with Gasteiger partial charge >= 0.3 is 5.97 Å².